The molecule has 1 aliphatic rings. The molecule has 0 heterocycles. The van der Waals surface area contributed by atoms with Gasteiger partial charge in [0.25, 0.3) is 0 Å². The van der Waals surface area contributed by atoms with Crippen LogP contribution in [0.4, 0.5) is 0 Å². The van der Waals surface area contributed by atoms with Crippen LogP contribution in [-0.4, -0.2) is 5.26 Å². The van der Waals surface area contributed by atoms with Crippen molar-refractivity contribution in [3.63, 3.8) is 0 Å². The van der Waals surface area contributed by atoms with E-state index in [-0.39, 0.29) is 0 Å². The summed E-state index contributed by atoms with van der Waals surface area (Å²) in [5.41, 5.74) is 0.637. The van der Waals surface area contributed by atoms with Gasteiger partial charge in [0, 0.05) is 0 Å². The average molecular weight is 206 g/mol. The SMILES string of the molecule is CC1CCCC(OO)(c2ccccc2)C1. The van der Waals surface area contributed by atoms with Crippen molar-refractivity contribution in [3.8, 4) is 0 Å². The van der Waals surface area contributed by atoms with Crippen LogP contribution in [0.1, 0.15) is 38.2 Å². The van der Waals surface area contributed by atoms with Gasteiger partial charge in [0.2, 0.25) is 0 Å². The van der Waals surface area contributed by atoms with Crippen molar-refractivity contribution in [1.29, 1.82) is 0 Å². The van der Waals surface area contributed by atoms with Crippen molar-refractivity contribution >= 4 is 0 Å². The molecule has 82 valence electrons. The molecule has 0 spiro atoms. The first-order valence-corrected chi connectivity index (χ1v) is 5.65. The van der Waals surface area contributed by atoms with Gasteiger partial charge in [-0.25, -0.2) is 4.89 Å². The molecule has 1 aromatic rings. The minimum absolute atomic E-state index is 0.459. The van der Waals surface area contributed by atoms with Crippen LogP contribution in [0.3, 0.4) is 0 Å². The normalized spacial score (nSPS) is 31.5. The largest absolute Gasteiger partial charge is 0.251 e. The fourth-order valence-electron chi connectivity index (χ4n) is 2.64. The van der Waals surface area contributed by atoms with Crippen molar-refractivity contribution in [2.45, 2.75) is 38.2 Å². The maximum absolute atomic E-state index is 9.21. The van der Waals surface area contributed by atoms with E-state index in [2.05, 4.69) is 6.92 Å². The Balaban J connectivity index is 2.28. The summed E-state index contributed by atoms with van der Waals surface area (Å²) >= 11 is 0. The Morgan fingerprint density at radius 3 is 2.67 bits per heavy atom. The van der Waals surface area contributed by atoms with E-state index in [1.54, 1.807) is 0 Å². The zero-order valence-electron chi connectivity index (χ0n) is 9.15. The summed E-state index contributed by atoms with van der Waals surface area (Å²) in [5.74, 6) is 0.617. The van der Waals surface area contributed by atoms with Crippen molar-refractivity contribution in [2.75, 3.05) is 0 Å². The zero-order valence-corrected chi connectivity index (χ0v) is 9.15. The highest BCUT2D eigenvalue weighted by Crippen LogP contribution is 2.42. The molecule has 15 heavy (non-hydrogen) atoms. The molecule has 2 heteroatoms. The summed E-state index contributed by atoms with van der Waals surface area (Å²) in [5, 5.41) is 9.21. The van der Waals surface area contributed by atoms with Crippen LogP contribution in [0.5, 0.6) is 0 Å². The predicted molar refractivity (Wildman–Crippen MR) is 59.5 cm³/mol. The first kappa shape index (κ1) is 10.7. The molecule has 2 unspecified atom stereocenters. The van der Waals surface area contributed by atoms with Gasteiger partial charge in [-0.05, 0) is 30.7 Å². The number of rotatable bonds is 2. The minimum atomic E-state index is -0.459. The second-order valence-corrected chi connectivity index (χ2v) is 4.65. The highest BCUT2D eigenvalue weighted by atomic mass is 17.1. The van der Waals surface area contributed by atoms with Gasteiger partial charge in [0.05, 0.1) is 0 Å². The third-order valence-corrected chi connectivity index (χ3v) is 3.43. The van der Waals surface area contributed by atoms with Crippen molar-refractivity contribution in [1.82, 2.24) is 0 Å². The van der Waals surface area contributed by atoms with E-state index in [1.165, 1.54) is 6.42 Å². The van der Waals surface area contributed by atoms with E-state index in [4.69, 9.17) is 4.89 Å². The molecule has 1 aliphatic carbocycles. The Morgan fingerprint density at radius 1 is 1.33 bits per heavy atom. The molecule has 2 rings (SSSR count). The molecule has 0 aromatic heterocycles. The van der Waals surface area contributed by atoms with Gasteiger partial charge in [-0.3, -0.25) is 5.26 Å². The molecule has 0 saturated heterocycles. The fraction of sp³-hybridized carbons (Fsp3) is 0.538. The summed E-state index contributed by atoms with van der Waals surface area (Å²) in [7, 11) is 0. The van der Waals surface area contributed by atoms with Gasteiger partial charge >= 0.3 is 0 Å². The van der Waals surface area contributed by atoms with E-state index in [0.29, 0.717) is 5.92 Å². The van der Waals surface area contributed by atoms with E-state index >= 15 is 0 Å². The van der Waals surface area contributed by atoms with Crippen LogP contribution in [0.2, 0.25) is 0 Å². The zero-order chi connectivity index (χ0) is 10.7. The number of benzene rings is 1. The Hall–Kier alpha value is -0.860. The highest BCUT2D eigenvalue weighted by molar-refractivity contribution is 5.23. The van der Waals surface area contributed by atoms with E-state index in [0.717, 1.165) is 24.8 Å². The fourth-order valence-corrected chi connectivity index (χ4v) is 2.64. The summed E-state index contributed by atoms with van der Waals surface area (Å²) in [6.07, 6.45) is 4.18. The summed E-state index contributed by atoms with van der Waals surface area (Å²) < 4.78 is 0. The highest BCUT2D eigenvalue weighted by Gasteiger charge is 2.38. The second kappa shape index (κ2) is 4.33. The smallest absolute Gasteiger partial charge is 0.128 e. The molecule has 1 N–H and O–H groups in total. The molecule has 1 fully saturated rings. The van der Waals surface area contributed by atoms with Gasteiger partial charge in [0.1, 0.15) is 5.60 Å². The topological polar surface area (TPSA) is 29.5 Å². The molecule has 0 bridgehead atoms. The molecular weight excluding hydrogens is 188 g/mol. The van der Waals surface area contributed by atoms with Crippen molar-refractivity contribution in [2.24, 2.45) is 5.92 Å². The number of hydrogen-bond donors (Lipinski definition) is 1. The van der Waals surface area contributed by atoms with Crippen LogP contribution in [0.25, 0.3) is 0 Å². The Bertz CT molecular complexity index is 310. The van der Waals surface area contributed by atoms with E-state index < -0.39 is 5.60 Å². The van der Waals surface area contributed by atoms with Gasteiger partial charge in [0.15, 0.2) is 0 Å². The second-order valence-electron chi connectivity index (χ2n) is 4.65. The lowest BCUT2D eigenvalue weighted by molar-refractivity contribution is -0.340. The first-order valence-electron chi connectivity index (χ1n) is 5.65. The third kappa shape index (κ3) is 2.06. The monoisotopic (exact) mass is 206 g/mol. The lowest BCUT2D eigenvalue weighted by atomic mass is 9.75. The summed E-state index contributed by atoms with van der Waals surface area (Å²) in [4.78, 5) is 4.84. The quantitative estimate of drug-likeness (QED) is 0.592. The standard InChI is InChI=1S/C13H18O2/c1-11-6-5-9-13(10-11,15-14)12-7-3-2-4-8-12/h2-4,7-8,11,14H,5-6,9-10H2,1H3. The van der Waals surface area contributed by atoms with Crippen LogP contribution in [0, 0.1) is 5.92 Å². The maximum Gasteiger partial charge on any atom is 0.128 e. The van der Waals surface area contributed by atoms with Crippen LogP contribution in [0.15, 0.2) is 30.3 Å². The molecular formula is C13H18O2. The van der Waals surface area contributed by atoms with Gasteiger partial charge in [-0.2, -0.15) is 0 Å². The van der Waals surface area contributed by atoms with E-state index in [1.807, 2.05) is 30.3 Å². The van der Waals surface area contributed by atoms with Crippen LogP contribution >= 0.6 is 0 Å². The average Bonchev–Trinajstić information content (AvgIpc) is 2.30. The molecule has 0 amide bonds. The molecule has 2 atom stereocenters. The summed E-state index contributed by atoms with van der Waals surface area (Å²) in [6, 6.07) is 10.0. The lowest BCUT2D eigenvalue weighted by Gasteiger charge is -2.37. The summed E-state index contributed by atoms with van der Waals surface area (Å²) in [6.45, 7) is 2.22. The number of hydrogen-bond acceptors (Lipinski definition) is 2. The van der Waals surface area contributed by atoms with Gasteiger partial charge in [-0.15, -0.1) is 0 Å². The van der Waals surface area contributed by atoms with E-state index in [9.17, 15) is 5.26 Å². The predicted octanol–water partition coefficient (Wildman–Crippen LogP) is 3.58. The Kier molecular flexibility index (Phi) is 3.08. The van der Waals surface area contributed by atoms with Crippen molar-refractivity contribution < 1.29 is 10.1 Å². The lowest BCUT2D eigenvalue weighted by Crippen LogP contribution is -2.34. The minimum Gasteiger partial charge on any atom is -0.251 e. The van der Waals surface area contributed by atoms with Gasteiger partial charge < -0.3 is 0 Å². The molecule has 1 aromatic carbocycles. The van der Waals surface area contributed by atoms with Crippen LogP contribution in [-0.2, 0) is 10.5 Å². The Labute approximate surface area is 90.8 Å². The molecule has 0 aliphatic heterocycles. The van der Waals surface area contributed by atoms with Gasteiger partial charge in [-0.1, -0.05) is 43.7 Å². The first-order chi connectivity index (χ1) is 7.27. The molecule has 0 radical (unpaired) electrons. The molecule has 2 nitrogen and oxygen atoms in total. The van der Waals surface area contributed by atoms with Crippen LogP contribution < -0.4 is 0 Å². The molecule has 1 saturated carbocycles. The third-order valence-electron chi connectivity index (χ3n) is 3.43. The Morgan fingerprint density at radius 2 is 2.07 bits per heavy atom. The maximum atomic E-state index is 9.21. The van der Waals surface area contributed by atoms with Crippen molar-refractivity contribution in [3.05, 3.63) is 35.9 Å².